The highest BCUT2D eigenvalue weighted by Crippen LogP contribution is 2.22. The largest absolute Gasteiger partial charge is 0.329 e. The maximum absolute atomic E-state index is 12.7. The number of rotatable bonds is 3. The van der Waals surface area contributed by atoms with Gasteiger partial charge in [0.15, 0.2) is 5.78 Å². The van der Waals surface area contributed by atoms with Crippen molar-refractivity contribution in [2.24, 2.45) is 0 Å². The predicted molar refractivity (Wildman–Crippen MR) is 77.9 cm³/mol. The van der Waals surface area contributed by atoms with Crippen LogP contribution in [0.5, 0.6) is 0 Å². The zero-order valence-electron chi connectivity index (χ0n) is 12.0. The SMILES string of the molecule is CCC(=O)[C@H]1CCCCN1C(=O)c1ccc2n[nH]nc2c1. The number of carbonyl (C=O) groups excluding carboxylic acids is 2. The van der Waals surface area contributed by atoms with Crippen molar-refractivity contribution in [1.29, 1.82) is 0 Å². The smallest absolute Gasteiger partial charge is 0.254 e. The lowest BCUT2D eigenvalue weighted by atomic mass is 9.96. The molecule has 1 atom stereocenters. The van der Waals surface area contributed by atoms with E-state index in [-0.39, 0.29) is 17.7 Å². The molecule has 1 aromatic heterocycles. The Bertz CT molecular complexity index is 679. The van der Waals surface area contributed by atoms with E-state index in [1.807, 2.05) is 6.92 Å². The van der Waals surface area contributed by atoms with Crippen LogP contribution in [0.15, 0.2) is 18.2 Å². The Balaban J connectivity index is 1.89. The fourth-order valence-electron chi connectivity index (χ4n) is 2.88. The van der Waals surface area contributed by atoms with Gasteiger partial charge in [-0.1, -0.05) is 6.92 Å². The lowest BCUT2D eigenvalue weighted by Crippen LogP contribution is -2.47. The molecule has 0 spiro atoms. The van der Waals surface area contributed by atoms with E-state index >= 15 is 0 Å². The summed E-state index contributed by atoms with van der Waals surface area (Å²) in [5.41, 5.74) is 1.95. The Morgan fingerprint density at radius 1 is 1.29 bits per heavy atom. The molecule has 0 aliphatic carbocycles. The van der Waals surface area contributed by atoms with Crippen molar-refractivity contribution in [2.75, 3.05) is 6.54 Å². The molecule has 1 aliphatic heterocycles. The number of carbonyl (C=O) groups is 2. The van der Waals surface area contributed by atoms with Crippen LogP contribution in [-0.4, -0.2) is 44.6 Å². The van der Waals surface area contributed by atoms with Gasteiger partial charge in [0.25, 0.3) is 5.91 Å². The van der Waals surface area contributed by atoms with Crippen LogP contribution in [0.25, 0.3) is 11.0 Å². The summed E-state index contributed by atoms with van der Waals surface area (Å²) in [4.78, 5) is 26.5. The van der Waals surface area contributed by atoms with E-state index < -0.39 is 0 Å². The Hall–Kier alpha value is -2.24. The van der Waals surface area contributed by atoms with Crippen molar-refractivity contribution in [3.63, 3.8) is 0 Å². The van der Waals surface area contributed by atoms with E-state index in [0.717, 1.165) is 24.8 Å². The molecule has 1 aromatic carbocycles. The molecule has 1 aliphatic rings. The third-order valence-electron chi connectivity index (χ3n) is 4.05. The first-order valence-corrected chi connectivity index (χ1v) is 7.35. The molecule has 1 amide bonds. The van der Waals surface area contributed by atoms with Gasteiger partial charge in [-0.2, -0.15) is 15.4 Å². The van der Waals surface area contributed by atoms with Crippen molar-refractivity contribution in [1.82, 2.24) is 20.3 Å². The number of H-pyrrole nitrogens is 1. The minimum absolute atomic E-state index is 0.0913. The maximum Gasteiger partial charge on any atom is 0.254 e. The van der Waals surface area contributed by atoms with Gasteiger partial charge in [0.05, 0.1) is 6.04 Å². The van der Waals surface area contributed by atoms with E-state index in [1.54, 1.807) is 23.1 Å². The first-order chi connectivity index (χ1) is 10.2. The summed E-state index contributed by atoms with van der Waals surface area (Å²) in [5.74, 6) is 0.0527. The van der Waals surface area contributed by atoms with Gasteiger partial charge in [0, 0.05) is 18.5 Å². The van der Waals surface area contributed by atoms with Crippen LogP contribution in [0, 0.1) is 0 Å². The summed E-state index contributed by atoms with van der Waals surface area (Å²) < 4.78 is 0. The molecule has 21 heavy (non-hydrogen) atoms. The fourth-order valence-corrected chi connectivity index (χ4v) is 2.88. The Morgan fingerprint density at radius 3 is 2.90 bits per heavy atom. The van der Waals surface area contributed by atoms with E-state index in [1.165, 1.54) is 0 Å². The van der Waals surface area contributed by atoms with Gasteiger partial charge in [-0.25, -0.2) is 0 Å². The van der Waals surface area contributed by atoms with Crippen molar-refractivity contribution < 1.29 is 9.59 Å². The van der Waals surface area contributed by atoms with E-state index in [9.17, 15) is 9.59 Å². The monoisotopic (exact) mass is 286 g/mol. The summed E-state index contributed by atoms with van der Waals surface area (Å²) >= 11 is 0. The van der Waals surface area contributed by atoms with E-state index in [0.29, 0.717) is 24.0 Å². The van der Waals surface area contributed by atoms with Crippen LogP contribution in [0.2, 0.25) is 0 Å². The van der Waals surface area contributed by atoms with E-state index in [2.05, 4.69) is 15.4 Å². The topological polar surface area (TPSA) is 79.0 Å². The number of nitrogens with one attached hydrogen (secondary N) is 1. The van der Waals surface area contributed by atoms with Crippen LogP contribution >= 0.6 is 0 Å². The minimum Gasteiger partial charge on any atom is -0.329 e. The second kappa shape index (κ2) is 5.63. The normalized spacial score (nSPS) is 18.9. The molecule has 1 fully saturated rings. The molecule has 2 aromatic rings. The first-order valence-electron chi connectivity index (χ1n) is 7.35. The van der Waals surface area contributed by atoms with E-state index in [4.69, 9.17) is 0 Å². The van der Waals surface area contributed by atoms with Crippen molar-refractivity contribution in [2.45, 2.75) is 38.6 Å². The lowest BCUT2D eigenvalue weighted by Gasteiger charge is -2.34. The number of Topliss-reactive ketones (excluding diaryl/α,β-unsaturated/α-hetero) is 1. The quantitative estimate of drug-likeness (QED) is 0.935. The second-order valence-electron chi connectivity index (χ2n) is 5.36. The molecule has 1 N–H and O–H groups in total. The minimum atomic E-state index is -0.274. The summed E-state index contributed by atoms with van der Waals surface area (Å²) in [7, 11) is 0. The zero-order chi connectivity index (χ0) is 14.8. The number of amides is 1. The number of ketones is 1. The van der Waals surface area contributed by atoms with Crippen molar-refractivity contribution in [3.8, 4) is 0 Å². The molecule has 0 radical (unpaired) electrons. The highest BCUT2D eigenvalue weighted by atomic mass is 16.2. The van der Waals surface area contributed by atoms with Crippen molar-refractivity contribution >= 4 is 22.7 Å². The number of fused-ring (bicyclic) bond motifs is 1. The molecular weight excluding hydrogens is 268 g/mol. The molecule has 2 heterocycles. The predicted octanol–water partition coefficient (Wildman–Crippen LogP) is 1.93. The van der Waals surface area contributed by atoms with Gasteiger partial charge >= 0.3 is 0 Å². The summed E-state index contributed by atoms with van der Waals surface area (Å²) in [6.45, 7) is 2.49. The molecule has 0 saturated carbocycles. The number of hydrogen-bond acceptors (Lipinski definition) is 4. The third-order valence-corrected chi connectivity index (χ3v) is 4.05. The maximum atomic E-state index is 12.7. The molecular formula is C15H18N4O2. The molecule has 0 unspecified atom stereocenters. The number of piperidine rings is 1. The number of aromatic nitrogens is 3. The highest BCUT2D eigenvalue weighted by molar-refractivity contribution is 6.00. The number of hydrogen-bond donors (Lipinski definition) is 1. The van der Waals surface area contributed by atoms with Gasteiger partial charge in [-0.05, 0) is 37.5 Å². The Morgan fingerprint density at radius 2 is 2.10 bits per heavy atom. The first kappa shape index (κ1) is 13.7. The summed E-state index contributed by atoms with van der Waals surface area (Å²) in [5, 5.41) is 10.5. The lowest BCUT2D eigenvalue weighted by molar-refractivity contribution is -0.124. The van der Waals surface area contributed by atoms with Crippen LogP contribution < -0.4 is 0 Å². The molecule has 0 bridgehead atoms. The number of nitrogens with zero attached hydrogens (tertiary/aromatic N) is 3. The number of benzene rings is 1. The molecule has 1 saturated heterocycles. The van der Waals surface area contributed by atoms with Gasteiger partial charge < -0.3 is 4.90 Å². The fraction of sp³-hybridized carbons (Fsp3) is 0.467. The zero-order valence-corrected chi connectivity index (χ0v) is 12.0. The Labute approximate surface area is 122 Å². The van der Waals surface area contributed by atoms with Crippen LogP contribution in [0.3, 0.4) is 0 Å². The molecule has 3 rings (SSSR count). The van der Waals surface area contributed by atoms with Gasteiger partial charge in [-0.15, -0.1) is 0 Å². The number of likely N-dealkylation sites (tertiary alicyclic amines) is 1. The average molecular weight is 286 g/mol. The molecule has 6 nitrogen and oxygen atoms in total. The van der Waals surface area contributed by atoms with Crippen LogP contribution in [0.4, 0.5) is 0 Å². The van der Waals surface area contributed by atoms with Gasteiger partial charge in [0.1, 0.15) is 11.0 Å². The standard InChI is InChI=1S/C15H18N4O2/c1-2-14(20)13-5-3-4-8-19(13)15(21)10-6-7-11-12(9-10)17-18-16-11/h6-7,9,13H,2-5,8H2,1H3,(H,16,17,18)/t13-/m1/s1. The second-order valence-corrected chi connectivity index (χ2v) is 5.36. The third kappa shape index (κ3) is 2.53. The van der Waals surface area contributed by atoms with Crippen LogP contribution in [-0.2, 0) is 4.79 Å². The van der Waals surface area contributed by atoms with Crippen molar-refractivity contribution in [3.05, 3.63) is 23.8 Å². The highest BCUT2D eigenvalue weighted by Gasteiger charge is 2.31. The average Bonchev–Trinajstić information content (AvgIpc) is 3.01. The molecule has 110 valence electrons. The Kier molecular flexibility index (Phi) is 3.68. The summed E-state index contributed by atoms with van der Waals surface area (Å²) in [6.07, 6.45) is 3.19. The van der Waals surface area contributed by atoms with Crippen LogP contribution in [0.1, 0.15) is 43.0 Å². The molecule has 6 heteroatoms. The number of aromatic amines is 1. The van der Waals surface area contributed by atoms with Gasteiger partial charge in [-0.3, -0.25) is 9.59 Å². The van der Waals surface area contributed by atoms with Gasteiger partial charge in [0.2, 0.25) is 0 Å². The summed E-state index contributed by atoms with van der Waals surface area (Å²) in [6, 6.07) is 4.97.